The van der Waals surface area contributed by atoms with Gasteiger partial charge in [-0.25, -0.2) is 0 Å². The van der Waals surface area contributed by atoms with Crippen LogP contribution in [0.2, 0.25) is 0 Å². The molecule has 4 heteroatoms. The molecule has 0 radical (unpaired) electrons. The zero-order chi connectivity index (χ0) is 12.3. The third-order valence-electron chi connectivity index (χ3n) is 3.24. The van der Waals surface area contributed by atoms with Crippen molar-refractivity contribution in [1.82, 2.24) is 5.32 Å². The zero-order valence-corrected chi connectivity index (χ0v) is 12.4. The largest absolute Gasteiger partial charge is 0.307 e. The van der Waals surface area contributed by atoms with Crippen LogP contribution >= 0.6 is 15.9 Å². The van der Waals surface area contributed by atoms with E-state index < -0.39 is 10.8 Å². The smallest absolute Gasteiger partial charge is 0.0294 e. The van der Waals surface area contributed by atoms with E-state index in [1.54, 1.807) is 0 Å². The van der Waals surface area contributed by atoms with E-state index in [0.29, 0.717) is 12.1 Å². The Hall–Kier alpha value is -0.190. The van der Waals surface area contributed by atoms with Gasteiger partial charge in [-0.3, -0.25) is 4.21 Å². The van der Waals surface area contributed by atoms with Gasteiger partial charge in [0.15, 0.2) is 0 Å². The summed E-state index contributed by atoms with van der Waals surface area (Å²) >= 11 is 3.45. The third-order valence-corrected chi connectivity index (χ3v) is 5.15. The van der Waals surface area contributed by atoms with Crippen LogP contribution in [-0.4, -0.2) is 21.8 Å². The van der Waals surface area contributed by atoms with Crippen molar-refractivity contribution in [3.05, 3.63) is 34.3 Å². The fourth-order valence-electron chi connectivity index (χ4n) is 2.16. The second-order valence-electron chi connectivity index (χ2n) is 4.56. The van der Waals surface area contributed by atoms with Crippen molar-refractivity contribution in [2.24, 2.45) is 0 Å². The van der Waals surface area contributed by atoms with Gasteiger partial charge in [-0.05, 0) is 37.5 Å². The van der Waals surface area contributed by atoms with Crippen LogP contribution in [0.4, 0.5) is 0 Å². The maximum Gasteiger partial charge on any atom is 0.0294 e. The summed E-state index contributed by atoms with van der Waals surface area (Å²) in [6.45, 7) is 2.19. The molecule has 0 saturated carbocycles. The fourth-order valence-corrected chi connectivity index (χ4v) is 3.72. The van der Waals surface area contributed by atoms with Gasteiger partial charge in [0.2, 0.25) is 0 Å². The van der Waals surface area contributed by atoms with Gasteiger partial charge in [0.25, 0.3) is 0 Å². The lowest BCUT2D eigenvalue weighted by atomic mass is 10.1. The second-order valence-corrected chi connectivity index (χ2v) is 7.17. The van der Waals surface area contributed by atoms with Crippen LogP contribution in [0.5, 0.6) is 0 Å². The highest BCUT2D eigenvalue weighted by Crippen LogP contribution is 2.19. The summed E-state index contributed by atoms with van der Waals surface area (Å²) in [5.74, 6) is 1.70. The Morgan fingerprint density at radius 1 is 1.29 bits per heavy atom. The normalized spacial score (nSPS) is 26.7. The van der Waals surface area contributed by atoms with Gasteiger partial charge in [-0.2, -0.15) is 0 Å². The van der Waals surface area contributed by atoms with Crippen molar-refractivity contribution >= 4 is 26.7 Å². The average molecular weight is 316 g/mol. The van der Waals surface area contributed by atoms with Gasteiger partial charge in [-0.15, -0.1) is 0 Å². The molecule has 0 bridgehead atoms. The molecule has 1 aromatic rings. The van der Waals surface area contributed by atoms with E-state index in [4.69, 9.17) is 0 Å². The molecule has 1 aliphatic heterocycles. The number of nitrogens with one attached hydrogen (secondary N) is 1. The molecule has 1 aromatic carbocycles. The lowest BCUT2D eigenvalue weighted by molar-refractivity contribution is 0.427. The van der Waals surface area contributed by atoms with E-state index in [9.17, 15) is 4.21 Å². The number of hydrogen-bond donors (Lipinski definition) is 1. The molecule has 0 aliphatic carbocycles. The van der Waals surface area contributed by atoms with E-state index in [1.807, 2.05) is 0 Å². The van der Waals surface area contributed by atoms with E-state index in [0.717, 1.165) is 28.8 Å². The van der Waals surface area contributed by atoms with E-state index in [-0.39, 0.29) is 0 Å². The summed E-state index contributed by atoms with van der Waals surface area (Å²) in [7, 11) is -0.570. The van der Waals surface area contributed by atoms with Crippen LogP contribution in [0.1, 0.15) is 31.4 Å². The van der Waals surface area contributed by atoms with Crippen LogP contribution in [0.3, 0.4) is 0 Å². The molecular weight excluding hydrogens is 298 g/mol. The predicted molar refractivity (Wildman–Crippen MR) is 76.6 cm³/mol. The summed E-state index contributed by atoms with van der Waals surface area (Å²) in [4.78, 5) is 0. The van der Waals surface area contributed by atoms with E-state index in [1.165, 1.54) is 5.56 Å². The Bertz CT molecular complexity index is 383. The fraction of sp³-hybridized carbons (Fsp3) is 0.538. The summed E-state index contributed by atoms with van der Waals surface area (Å²) in [6.07, 6.45) is 2.07. The summed E-state index contributed by atoms with van der Waals surface area (Å²) in [5.41, 5.74) is 1.31. The quantitative estimate of drug-likeness (QED) is 0.929. The standard InChI is InChI=1S/C13H18BrNOS/c1-10(11-2-4-12(14)5-3-11)15-13-6-8-17(16)9-7-13/h2-5,10,13,15H,6-9H2,1H3/t10-,13?,17?/m1/s1. The topological polar surface area (TPSA) is 29.1 Å². The Kier molecular flexibility index (Phi) is 4.77. The van der Waals surface area contributed by atoms with Crippen molar-refractivity contribution in [3.8, 4) is 0 Å². The summed E-state index contributed by atoms with van der Waals surface area (Å²) in [5, 5.41) is 3.63. The third kappa shape index (κ3) is 3.90. The number of hydrogen-bond acceptors (Lipinski definition) is 2. The Morgan fingerprint density at radius 3 is 2.47 bits per heavy atom. The minimum absolute atomic E-state index is 0.361. The minimum Gasteiger partial charge on any atom is -0.307 e. The maximum absolute atomic E-state index is 11.3. The number of rotatable bonds is 3. The van der Waals surface area contributed by atoms with Crippen molar-refractivity contribution in [2.45, 2.75) is 31.8 Å². The van der Waals surface area contributed by atoms with Crippen molar-refractivity contribution in [2.75, 3.05) is 11.5 Å². The zero-order valence-electron chi connectivity index (χ0n) is 9.99. The average Bonchev–Trinajstić information content (AvgIpc) is 2.33. The highest BCUT2D eigenvalue weighted by molar-refractivity contribution is 9.10. The first kappa shape index (κ1) is 13.2. The predicted octanol–water partition coefficient (Wildman–Crippen LogP) is 3.01. The molecule has 1 atom stereocenters. The monoisotopic (exact) mass is 315 g/mol. The number of benzene rings is 1. The molecule has 0 aromatic heterocycles. The first-order valence-electron chi connectivity index (χ1n) is 6.01. The van der Waals surface area contributed by atoms with Gasteiger partial charge in [0, 0.05) is 38.9 Å². The lowest BCUT2D eigenvalue weighted by Gasteiger charge is -2.26. The molecule has 1 aliphatic rings. The molecule has 1 fully saturated rings. The molecule has 0 amide bonds. The molecule has 1 N–H and O–H groups in total. The van der Waals surface area contributed by atoms with Crippen LogP contribution in [-0.2, 0) is 10.8 Å². The van der Waals surface area contributed by atoms with Crippen LogP contribution < -0.4 is 5.32 Å². The van der Waals surface area contributed by atoms with Crippen LogP contribution in [0.15, 0.2) is 28.7 Å². The molecular formula is C13H18BrNOS. The van der Waals surface area contributed by atoms with Crippen LogP contribution in [0, 0.1) is 0 Å². The van der Waals surface area contributed by atoms with Gasteiger partial charge < -0.3 is 5.32 Å². The highest BCUT2D eigenvalue weighted by Gasteiger charge is 2.19. The first-order chi connectivity index (χ1) is 8.15. The van der Waals surface area contributed by atoms with Gasteiger partial charge in [0.1, 0.15) is 0 Å². The maximum atomic E-state index is 11.3. The molecule has 17 heavy (non-hydrogen) atoms. The molecule has 0 spiro atoms. The van der Waals surface area contributed by atoms with Gasteiger partial charge in [0.05, 0.1) is 0 Å². The second kappa shape index (κ2) is 6.12. The molecule has 2 nitrogen and oxygen atoms in total. The summed E-state index contributed by atoms with van der Waals surface area (Å²) < 4.78 is 12.4. The number of halogens is 1. The Labute approximate surface area is 114 Å². The molecule has 0 unspecified atom stereocenters. The lowest BCUT2D eigenvalue weighted by Crippen LogP contribution is -2.37. The van der Waals surface area contributed by atoms with E-state index in [2.05, 4.69) is 52.4 Å². The molecule has 2 rings (SSSR count). The Morgan fingerprint density at radius 2 is 1.88 bits per heavy atom. The van der Waals surface area contributed by atoms with Gasteiger partial charge >= 0.3 is 0 Å². The molecule has 94 valence electrons. The SMILES string of the molecule is C[C@@H](NC1CCS(=O)CC1)c1ccc(Br)cc1. The van der Waals surface area contributed by atoms with Gasteiger partial charge in [-0.1, -0.05) is 28.1 Å². The molecule has 1 saturated heterocycles. The van der Waals surface area contributed by atoms with E-state index >= 15 is 0 Å². The van der Waals surface area contributed by atoms with Crippen molar-refractivity contribution in [1.29, 1.82) is 0 Å². The summed E-state index contributed by atoms with van der Waals surface area (Å²) in [6, 6.07) is 9.31. The molecule has 1 heterocycles. The highest BCUT2D eigenvalue weighted by atomic mass is 79.9. The van der Waals surface area contributed by atoms with Crippen molar-refractivity contribution in [3.63, 3.8) is 0 Å². The van der Waals surface area contributed by atoms with Crippen LogP contribution in [0.25, 0.3) is 0 Å². The first-order valence-corrected chi connectivity index (χ1v) is 8.30. The minimum atomic E-state index is -0.570. The van der Waals surface area contributed by atoms with Crippen molar-refractivity contribution < 1.29 is 4.21 Å². The Balaban J connectivity index is 1.90.